The highest BCUT2D eigenvalue weighted by molar-refractivity contribution is 7.10. The second kappa shape index (κ2) is 3.76. The normalized spacial score (nSPS) is 19.0. The van der Waals surface area contributed by atoms with Gasteiger partial charge in [-0.3, -0.25) is 4.79 Å². The topological polar surface area (TPSA) is 29.1 Å². The van der Waals surface area contributed by atoms with Gasteiger partial charge in [-0.05, 0) is 17.0 Å². The molecule has 0 unspecified atom stereocenters. The highest BCUT2D eigenvalue weighted by Gasteiger charge is 2.27. The molecule has 1 N–H and O–H groups in total. The summed E-state index contributed by atoms with van der Waals surface area (Å²) in [6, 6.07) is 12.2. The fourth-order valence-electron chi connectivity index (χ4n) is 2.13. The number of nitrogens with one attached hydrogen (secondary N) is 1. The minimum Gasteiger partial charge on any atom is -0.325 e. The lowest BCUT2D eigenvalue weighted by molar-refractivity contribution is -0.116. The van der Waals surface area contributed by atoms with Gasteiger partial charge in [0, 0.05) is 17.2 Å². The van der Waals surface area contributed by atoms with Crippen molar-refractivity contribution < 1.29 is 4.79 Å². The van der Waals surface area contributed by atoms with Crippen LogP contribution in [0.1, 0.15) is 22.8 Å². The molecule has 2 aromatic rings. The average molecular weight is 229 g/mol. The van der Waals surface area contributed by atoms with Crippen molar-refractivity contribution in [2.75, 3.05) is 5.32 Å². The van der Waals surface area contributed by atoms with Crippen LogP contribution in [-0.4, -0.2) is 5.91 Å². The quantitative estimate of drug-likeness (QED) is 0.799. The molecule has 1 aromatic carbocycles. The van der Waals surface area contributed by atoms with E-state index < -0.39 is 0 Å². The Morgan fingerprint density at radius 3 is 2.81 bits per heavy atom. The predicted molar refractivity (Wildman–Crippen MR) is 65.9 cm³/mol. The van der Waals surface area contributed by atoms with Crippen molar-refractivity contribution in [3.63, 3.8) is 0 Å². The van der Waals surface area contributed by atoms with Gasteiger partial charge in [0.1, 0.15) is 0 Å². The lowest BCUT2D eigenvalue weighted by Gasteiger charge is -2.22. The summed E-state index contributed by atoms with van der Waals surface area (Å²) in [6.45, 7) is 0. The molecule has 0 spiro atoms. The first kappa shape index (κ1) is 9.60. The van der Waals surface area contributed by atoms with Crippen LogP contribution in [-0.2, 0) is 4.79 Å². The smallest absolute Gasteiger partial charge is 0.225 e. The number of anilines is 1. The largest absolute Gasteiger partial charge is 0.325 e. The van der Waals surface area contributed by atoms with E-state index in [-0.39, 0.29) is 11.8 Å². The molecule has 1 aliphatic rings. The Labute approximate surface area is 97.9 Å². The Hall–Kier alpha value is -1.61. The SMILES string of the molecule is O=C1C[C@H](c2ccccc2)c2sccc2N1. The molecule has 1 amide bonds. The lowest BCUT2D eigenvalue weighted by atomic mass is 9.91. The Morgan fingerprint density at radius 2 is 2.00 bits per heavy atom. The highest BCUT2D eigenvalue weighted by Crippen LogP contribution is 2.40. The van der Waals surface area contributed by atoms with Crippen molar-refractivity contribution in [2.24, 2.45) is 0 Å². The third-order valence-corrected chi connectivity index (χ3v) is 3.91. The summed E-state index contributed by atoms with van der Waals surface area (Å²) in [4.78, 5) is 12.9. The predicted octanol–water partition coefficient (Wildman–Crippen LogP) is 3.22. The fraction of sp³-hybridized carbons (Fsp3) is 0.154. The highest BCUT2D eigenvalue weighted by atomic mass is 32.1. The van der Waals surface area contributed by atoms with Gasteiger partial charge in [-0.2, -0.15) is 0 Å². The first-order valence-electron chi connectivity index (χ1n) is 5.27. The first-order chi connectivity index (χ1) is 7.84. The lowest BCUT2D eigenvalue weighted by Crippen LogP contribution is -2.21. The van der Waals surface area contributed by atoms with Gasteiger partial charge in [-0.25, -0.2) is 0 Å². The van der Waals surface area contributed by atoms with Crippen molar-refractivity contribution >= 4 is 22.9 Å². The zero-order valence-electron chi connectivity index (χ0n) is 8.64. The summed E-state index contributed by atoms with van der Waals surface area (Å²) in [5.41, 5.74) is 2.20. The molecule has 1 aromatic heterocycles. The van der Waals surface area contributed by atoms with Crippen LogP contribution in [0, 0.1) is 0 Å². The molecule has 1 atom stereocenters. The number of fused-ring (bicyclic) bond motifs is 1. The molecule has 16 heavy (non-hydrogen) atoms. The van der Waals surface area contributed by atoms with Crippen molar-refractivity contribution in [2.45, 2.75) is 12.3 Å². The second-order valence-corrected chi connectivity index (χ2v) is 4.86. The molecule has 0 fully saturated rings. The summed E-state index contributed by atoms with van der Waals surface area (Å²) >= 11 is 1.72. The van der Waals surface area contributed by atoms with Crippen LogP contribution >= 0.6 is 11.3 Å². The van der Waals surface area contributed by atoms with E-state index in [1.165, 1.54) is 10.4 Å². The number of rotatable bonds is 1. The molecule has 80 valence electrons. The molecule has 3 heteroatoms. The van der Waals surface area contributed by atoms with Gasteiger partial charge in [-0.1, -0.05) is 30.3 Å². The van der Waals surface area contributed by atoms with E-state index in [1.54, 1.807) is 11.3 Å². The average Bonchev–Trinajstić information content (AvgIpc) is 2.77. The van der Waals surface area contributed by atoms with E-state index >= 15 is 0 Å². The number of benzene rings is 1. The summed E-state index contributed by atoms with van der Waals surface area (Å²) in [6.07, 6.45) is 0.553. The van der Waals surface area contributed by atoms with Gasteiger partial charge in [0.15, 0.2) is 0 Å². The fourth-order valence-corrected chi connectivity index (χ4v) is 3.11. The van der Waals surface area contributed by atoms with Crippen molar-refractivity contribution in [1.29, 1.82) is 0 Å². The number of thiophene rings is 1. The summed E-state index contributed by atoms with van der Waals surface area (Å²) in [5.74, 6) is 0.338. The number of carbonyl (C=O) groups is 1. The molecular weight excluding hydrogens is 218 g/mol. The van der Waals surface area contributed by atoms with E-state index in [0.717, 1.165) is 5.69 Å². The molecule has 0 saturated carbocycles. The Kier molecular flexibility index (Phi) is 2.26. The van der Waals surface area contributed by atoms with Crippen LogP contribution in [0.3, 0.4) is 0 Å². The third-order valence-electron chi connectivity index (χ3n) is 2.88. The molecule has 0 saturated heterocycles. The van der Waals surface area contributed by atoms with Crippen LogP contribution in [0.15, 0.2) is 41.8 Å². The van der Waals surface area contributed by atoms with Gasteiger partial charge < -0.3 is 5.32 Å². The molecule has 2 nitrogen and oxygen atoms in total. The van der Waals surface area contributed by atoms with E-state index in [1.807, 2.05) is 29.6 Å². The van der Waals surface area contributed by atoms with Crippen molar-refractivity contribution in [3.05, 3.63) is 52.2 Å². The number of carbonyl (C=O) groups excluding carboxylic acids is 1. The van der Waals surface area contributed by atoms with Crippen LogP contribution < -0.4 is 5.32 Å². The van der Waals surface area contributed by atoms with Gasteiger partial charge in [-0.15, -0.1) is 11.3 Å². The summed E-state index contributed by atoms with van der Waals surface area (Å²) in [5, 5.41) is 4.95. The Bertz CT molecular complexity index is 518. The molecule has 0 aliphatic carbocycles. The maximum atomic E-state index is 11.6. The van der Waals surface area contributed by atoms with Crippen LogP contribution in [0.5, 0.6) is 0 Å². The maximum Gasteiger partial charge on any atom is 0.225 e. The molecule has 0 bridgehead atoms. The van der Waals surface area contributed by atoms with Crippen LogP contribution in [0.25, 0.3) is 0 Å². The van der Waals surface area contributed by atoms with E-state index in [9.17, 15) is 4.79 Å². The number of hydrogen-bond donors (Lipinski definition) is 1. The number of hydrogen-bond acceptors (Lipinski definition) is 2. The molecule has 2 heterocycles. The van der Waals surface area contributed by atoms with Crippen LogP contribution in [0.4, 0.5) is 5.69 Å². The zero-order chi connectivity index (χ0) is 11.0. The molecule has 1 aliphatic heterocycles. The third kappa shape index (κ3) is 1.53. The van der Waals surface area contributed by atoms with Gasteiger partial charge in [0.25, 0.3) is 0 Å². The minimum absolute atomic E-state index is 0.111. The summed E-state index contributed by atoms with van der Waals surface area (Å²) in [7, 11) is 0. The van der Waals surface area contributed by atoms with E-state index in [4.69, 9.17) is 0 Å². The number of amides is 1. The standard InChI is InChI=1S/C13H11NOS/c15-12-8-10(9-4-2-1-3-5-9)13-11(14-12)6-7-16-13/h1-7,10H,8H2,(H,14,15)/t10-/m1/s1. The second-order valence-electron chi connectivity index (χ2n) is 3.91. The monoisotopic (exact) mass is 229 g/mol. The zero-order valence-corrected chi connectivity index (χ0v) is 9.46. The Balaban J connectivity index is 2.07. The first-order valence-corrected chi connectivity index (χ1v) is 6.15. The molecular formula is C13H11NOS. The van der Waals surface area contributed by atoms with Crippen LogP contribution in [0.2, 0.25) is 0 Å². The van der Waals surface area contributed by atoms with E-state index in [2.05, 4.69) is 17.4 Å². The maximum absolute atomic E-state index is 11.6. The van der Waals surface area contributed by atoms with Crippen molar-refractivity contribution in [1.82, 2.24) is 0 Å². The Morgan fingerprint density at radius 1 is 1.19 bits per heavy atom. The van der Waals surface area contributed by atoms with Gasteiger partial charge >= 0.3 is 0 Å². The van der Waals surface area contributed by atoms with E-state index in [0.29, 0.717) is 6.42 Å². The molecule has 0 radical (unpaired) electrons. The minimum atomic E-state index is 0.111. The van der Waals surface area contributed by atoms with Gasteiger partial charge in [0.2, 0.25) is 5.91 Å². The van der Waals surface area contributed by atoms with Crippen molar-refractivity contribution in [3.8, 4) is 0 Å². The summed E-state index contributed by atoms with van der Waals surface area (Å²) < 4.78 is 0. The molecule has 3 rings (SSSR count). The van der Waals surface area contributed by atoms with Gasteiger partial charge in [0.05, 0.1) is 5.69 Å².